The minimum atomic E-state index is -1.04. The summed E-state index contributed by atoms with van der Waals surface area (Å²) in [5.74, 6) is -0.998. The Morgan fingerprint density at radius 3 is 2.60 bits per heavy atom. The second-order valence-electron chi connectivity index (χ2n) is 5.47. The van der Waals surface area contributed by atoms with Crippen molar-refractivity contribution in [2.45, 2.75) is 19.6 Å². The number of amides is 1. The van der Waals surface area contributed by atoms with Gasteiger partial charge < -0.3 is 14.5 Å². The Bertz CT molecular complexity index is 823. The molecular formula is C19H17NO4S. The van der Waals surface area contributed by atoms with Gasteiger partial charge in [0.05, 0.1) is 12.8 Å². The van der Waals surface area contributed by atoms with Gasteiger partial charge in [-0.15, -0.1) is 11.3 Å². The maximum absolute atomic E-state index is 12.6. The second-order valence-corrected chi connectivity index (χ2v) is 6.50. The SMILES string of the molecule is Cc1ccc([C@H](OC(=O)c2ccco2)C(=O)NCc2cccs2)cc1. The van der Waals surface area contributed by atoms with Crippen LogP contribution < -0.4 is 5.32 Å². The molecule has 0 spiro atoms. The number of furan rings is 1. The van der Waals surface area contributed by atoms with Crippen LogP contribution in [0.25, 0.3) is 0 Å². The molecule has 3 aromatic rings. The quantitative estimate of drug-likeness (QED) is 0.682. The highest BCUT2D eigenvalue weighted by Crippen LogP contribution is 2.21. The third-order valence-electron chi connectivity index (χ3n) is 3.58. The number of benzene rings is 1. The zero-order valence-corrected chi connectivity index (χ0v) is 14.4. The van der Waals surface area contributed by atoms with E-state index in [1.807, 2.05) is 36.6 Å². The molecule has 1 aromatic carbocycles. The Kier molecular flexibility index (Phi) is 5.30. The molecule has 0 radical (unpaired) electrons. The van der Waals surface area contributed by atoms with Crippen molar-refractivity contribution < 1.29 is 18.7 Å². The van der Waals surface area contributed by atoms with Crippen molar-refractivity contribution in [1.82, 2.24) is 5.32 Å². The molecule has 0 aliphatic carbocycles. The highest BCUT2D eigenvalue weighted by Gasteiger charge is 2.26. The molecule has 0 saturated carbocycles. The fraction of sp³-hybridized carbons (Fsp3) is 0.158. The number of aryl methyl sites for hydroxylation is 1. The lowest BCUT2D eigenvalue weighted by Crippen LogP contribution is -2.31. The van der Waals surface area contributed by atoms with Gasteiger partial charge in [0.15, 0.2) is 0 Å². The van der Waals surface area contributed by atoms with E-state index in [1.165, 1.54) is 12.3 Å². The molecule has 0 aliphatic rings. The van der Waals surface area contributed by atoms with Crippen LogP contribution in [0.15, 0.2) is 64.6 Å². The van der Waals surface area contributed by atoms with E-state index in [9.17, 15) is 9.59 Å². The molecule has 5 nitrogen and oxygen atoms in total. The van der Waals surface area contributed by atoms with E-state index in [2.05, 4.69) is 5.32 Å². The van der Waals surface area contributed by atoms with Gasteiger partial charge in [-0.25, -0.2) is 4.79 Å². The first kappa shape index (κ1) is 17.0. The number of nitrogens with one attached hydrogen (secondary N) is 1. The van der Waals surface area contributed by atoms with E-state index >= 15 is 0 Å². The molecule has 1 amide bonds. The van der Waals surface area contributed by atoms with Crippen molar-refractivity contribution in [2.24, 2.45) is 0 Å². The largest absolute Gasteiger partial charge is 0.457 e. The van der Waals surface area contributed by atoms with Crippen molar-refractivity contribution in [1.29, 1.82) is 0 Å². The van der Waals surface area contributed by atoms with Crippen molar-refractivity contribution in [2.75, 3.05) is 0 Å². The van der Waals surface area contributed by atoms with E-state index in [0.717, 1.165) is 10.4 Å². The van der Waals surface area contributed by atoms with Crippen LogP contribution in [-0.4, -0.2) is 11.9 Å². The second kappa shape index (κ2) is 7.81. The van der Waals surface area contributed by atoms with Crippen LogP contribution in [0, 0.1) is 6.92 Å². The molecule has 3 rings (SSSR count). The molecule has 0 unspecified atom stereocenters. The van der Waals surface area contributed by atoms with Gasteiger partial charge in [0.1, 0.15) is 0 Å². The number of rotatable bonds is 6. The number of hydrogen-bond acceptors (Lipinski definition) is 5. The molecular weight excluding hydrogens is 338 g/mol. The summed E-state index contributed by atoms with van der Waals surface area (Å²) < 4.78 is 10.5. The molecule has 0 bridgehead atoms. The van der Waals surface area contributed by atoms with Crippen molar-refractivity contribution in [3.63, 3.8) is 0 Å². The molecule has 6 heteroatoms. The number of carbonyl (C=O) groups is 2. The first-order valence-corrected chi connectivity index (χ1v) is 8.62. The maximum atomic E-state index is 12.6. The first-order chi connectivity index (χ1) is 12.1. The minimum absolute atomic E-state index is 0.0585. The number of carbonyl (C=O) groups excluding carboxylic acids is 2. The molecule has 0 saturated heterocycles. The van der Waals surface area contributed by atoms with E-state index in [-0.39, 0.29) is 11.7 Å². The van der Waals surface area contributed by atoms with Crippen LogP contribution in [0.4, 0.5) is 0 Å². The standard InChI is InChI=1S/C19H17NO4S/c1-13-6-8-14(9-7-13)17(24-19(22)16-5-2-10-23-16)18(21)20-12-15-4-3-11-25-15/h2-11,17H,12H2,1H3,(H,20,21)/t17-/m0/s1. The van der Waals surface area contributed by atoms with Crippen LogP contribution in [-0.2, 0) is 16.1 Å². The van der Waals surface area contributed by atoms with Crippen LogP contribution in [0.2, 0.25) is 0 Å². The number of hydrogen-bond donors (Lipinski definition) is 1. The predicted molar refractivity (Wildman–Crippen MR) is 94.2 cm³/mol. The molecule has 2 heterocycles. The molecule has 2 aromatic heterocycles. The summed E-state index contributed by atoms with van der Waals surface area (Å²) in [5, 5.41) is 4.75. The summed E-state index contributed by atoms with van der Waals surface area (Å²) in [6, 6.07) is 14.2. The van der Waals surface area contributed by atoms with Crippen LogP contribution >= 0.6 is 11.3 Å². The van der Waals surface area contributed by atoms with Crippen molar-refractivity contribution in [3.8, 4) is 0 Å². The molecule has 0 fully saturated rings. The molecule has 25 heavy (non-hydrogen) atoms. The summed E-state index contributed by atoms with van der Waals surface area (Å²) in [7, 11) is 0. The van der Waals surface area contributed by atoms with Gasteiger partial charge in [0, 0.05) is 10.4 Å². The van der Waals surface area contributed by atoms with E-state index in [0.29, 0.717) is 12.1 Å². The Hall–Kier alpha value is -2.86. The van der Waals surface area contributed by atoms with Crippen LogP contribution in [0.3, 0.4) is 0 Å². The molecule has 1 N–H and O–H groups in total. The number of esters is 1. The zero-order chi connectivity index (χ0) is 17.6. The summed E-state index contributed by atoms with van der Waals surface area (Å²) in [6.45, 7) is 2.33. The molecule has 1 atom stereocenters. The lowest BCUT2D eigenvalue weighted by molar-refractivity contribution is -0.130. The van der Waals surface area contributed by atoms with Crippen LogP contribution in [0.5, 0.6) is 0 Å². The highest BCUT2D eigenvalue weighted by molar-refractivity contribution is 7.09. The van der Waals surface area contributed by atoms with Gasteiger partial charge in [-0.05, 0) is 30.5 Å². The van der Waals surface area contributed by atoms with E-state index < -0.39 is 12.1 Å². The number of ether oxygens (including phenoxy) is 1. The Balaban J connectivity index is 1.76. The number of thiophene rings is 1. The van der Waals surface area contributed by atoms with E-state index in [4.69, 9.17) is 9.15 Å². The normalized spacial score (nSPS) is 11.7. The maximum Gasteiger partial charge on any atom is 0.375 e. The monoisotopic (exact) mass is 355 g/mol. The van der Waals surface area contributed by atoms with Crippen molar-refractivity contribution in [3.05, 3.63) is 81.9 Å². The summed E-state index contributed by atoms with van der Waals surface area (Å²) in [4.78, 5) is 25.8. The summed E-state index contributed by atoms with van der Waals surface area (Å²) in [6.07, 6.45) is 0.340. The highest BCUT2D eigenvalue weighted by atomic mass is 32.1. The van der Waals surface area contributed by atoms with Gasteiger partial charge in [-0.2, -0.15) is 0 Å². The van der Waals surface area contributed by atoms with Gasteiger partial charge in [-0.3, -0.25) is 4.79 Å². The minimum Gasteiger partial charge on any atom is -0.457 e. The average molecular weight is 355 g/mol. The molecule has 128 valence electrons. The lowest BCUT2D eigenvalue weighted by atomic mass is 10.1. The zero-order valence-electron chi connectivity index (χ0n) is 13.6. The third-order valence-corrected chi connectivity index (χ3v) is 4.46. The van der Waals surface area contributed by atoms with Crippen LogP contribution in [0.1, 0.15) is 32.7 Å². The van der Waals surface area contributed by atoms with Gasteiger partial charge in [0.2, 0.25) is 11.9 Å². The third kappa shape index (κ3) is 4.36. The van der Waals surface area contributed by atoms with Gasteiger partial charge in [-0.1, -0.05) is 35.9 Å². The Labute approximate surface area is 149 Å². The average Bonchev–Trinajstić information content (AvgIpc) is 3.31. The molecule has 0 aliphatic heterocycles. The summed E-state index contributed by atoms with van der Waals surface area (Å²) >= 11 is 1.55. The fourth-order valence-electron chi connectivity index (χ4n) is 2.25. The van der Waals surface area contributed by atoms with Crippen molar-refractivity contribution >= 4 is 23.2 Å². The van der Waals surface area contributed by atoms with E-state index in [1.54, 1.807) is 29.5 Å². The summed E-state index contributed by atoms with van der Waals surface area (Å²) in [5.41, 5.74) is 1.66. The predicted octanol–water partition coefficient (Wildman–Crippen LogP) is 3.86. The van der Waals surface area contributed by atoms with Gasteiger partial charge in [0.25, 0.3) is 5.91 Å². The Morgan fingerprint density at radius 2 is 1.96 bits per heavy atom. The Morgan fingerprint density at radius 1 is 1.16 bits per heavy atom. The van der Waals surface area contributed by atoms with Gasteiger partial charge >= 0.3 is 5.97 Å². The fourth-order valence-corrected chi connectivity index (χ4v) is 2.90. The lowest BCUT2D eigenvalue weighted by Gasteiger charge is -2.17. The first-order valence-electron chi connectivity index (χ1n) is 7.74. The smallest absolute Gasteiger partial charge is 0.375 e. The topological polar surface area (TPSA) is 68.5 Å².